The number of carbonyl (C=O) groups excluding carboxylic acids is 2. The van der Waals surface area contributed by atoms with Crippen LogP contribution in [0.4, 0.5) is 0 Å². The molecule has 1 aromatic rings. The van der Waals surface area contributed by atoms with E-state index in [9.17, 15) is 9.59 Å². The van der Waals surface area contributed by atoms with Gasteiger partial charge >= 0.3 is 0 Å². The van der Waals surface area contributed by atoms with Crippen molar-refractivity contribution in [2.75, 3.05) is 40.5 Å². The summed E-state index contributed by atoms with van der Waals surface area (Å²) in [5, 5.41) is 2.71. The van der Waals surface area contributed by atoms with Crippen molar-refractivity contribution < 1.29 is 23.8 Å². The fourth-order valence-electron chi connectivity index (χ4n) is 2.39. The highest BCUT2D eigenvalue weighted by atomic mass is 16.5. The highest BCUT2D eigenvalue weighted by Crippen LogP contribution is 2.23. The first kappa shape index (κ1) is 17.1. The van der Waals surface area contributed by atoms with Gasteiger partial charge in [-0.2, -0.15) is 0 Å². The number of methoxy groups -OCH3 is 2. The van der Waals surface area contributed by atoms with E-state index in [1.165, 1.54) is 14.2 Å². The second kappa shape index (κ2) is 7.82. The smallest absolute Gasteiger partial charge is 0.255 e. The Labute approximate surface area is 135 Å². The van der Waals surface area contributed by atoms with Crippen LogP contribution in [0, 0.1) is 0 Å². The Morgan fingerprint density at radius 3 is 2.52 bits per heavy atom. The molecule has 1 N–H and O–H groups in total. The molecule has 1 aromatic carbocycles. The zero-order valence-corrected chi connectivity index (χ0v) is 13.6. The summed E-state index contributed by atoms with van der Waals surface area (Å²) in [4.78, 5) is 26.5. The normalized spacial score (nSPS) is 15.7. The Kier molecular flexibility index (Phi) is 5.81. The molecular formula is C16H22N2O5. The van der Waals surface area contributed by atoms with E-state index in [0.29, 0.717) is 43.4 Å². The topological polar surface area (TPSA) is 77.1 Å². The van der Waals surface area contributed by atoms with Crippen molar-refractivity contribution in [1.82, 2.24) is 10.2 Å². The molecule has 1 aliphatic heterocycles. The molecule has 0 spiro atoms. The van der Waals surface area contributed by atoms with Crippen molar-refractivity contribution in [1.29, 1.82) is 0 Å². The summed E-state index contributed by atoms with van der Waals surface area (Å²) >= 11 is 0. The summed E-state index contributed by atoms with van der Waals surface area (Å²) in [6.45, 7) is 3.80. The molecule has 7 nitrogen and oxygen atoms in total. The van der Waals surface area contributed by atoms with Crippen molar-refractivity contribution >= 4 is 11.8 Å². The van der Waals surface area contributed by atoms with Gasteiger partial charge in [-0.15, -0.1) is 0 Å². The zero-order valence-electron chi connectivity index (χ0n) is 13.6. The molecule has 0 radical (unpaired) electrons. The van der Waals surface area contributed by atoms with E-state index in [0.717, 1.165) is 0 Å². The highest BCUT2D eigenvalue weighted by molar-refractivity contribution is 5.99. The van der Waals surface area contributed by atoms with Crippen LogP contribution in [0.25, 0.3) is 0 Å². The minimum absolute atomic E-state index is 0.122. The van der Waals surface area contributed by atoms with Crippen LogP contribution >= 0.6 is 0 Å². The van der Waals surface area contributed by atoms with Gasteiger partial charge in [0.1, 0.15) is 17.5 Å². The maximum Gasteiger partial charge on any atom is 0.255 e. The number of benzene rings is 1. The molecule has 2 amide bonds. The molecule has 1 atom stereocenters. The second-order valence-electron chi connectivity index (χ2n) is 5.20. The fourth-order valence-corrected chi connectivity index (χ4v) is 2.39. The first-order chi connectivity index (χ1) is 11.1. The largest absolute Gasteiger partial charge is 0.497 e. The van der Waals surface area contributed by atoms with Gasteiger partial charge in [0.15, 0.2) is 0 Å². The first-order valence-corrected chi connectivity index (χ1v) is 7.46. The van der Waals surface area contributed by atoms with Crippen molar-refractivity contribution in [2.45, 2.75) is 13.0 Å². The minimum atomic E-state index is -0.628. The van der Waals surface area contributed by atoms with Crippen molar-refractivity contribution in [3.63, 3.8) is 0 Å². The summed E-state index contributed by atoms with van der Waals surface area (Å²) in [6.07, 6.45) is 0. The lowest BCUT2D eigenvalue weighted by Gasteiger charge is -2.29. The van der Waals surface area contributed by atoms with E-state index in [4.69, 9.17) is 14.2 Å². The van der Waals surface area contributed by atoms with Crippen LogP contribution in [0.15, 0.2) is 18.2 Å². The quantitative estimate of drug-likeness (QED) is 0.863. The predicted molar refractivity (Wildman–Crippen MR) is 83.9 cm³/mol. The standard InChI is InChI=1S/C16H22N2O5/c1-11(16(20)18-6-8-23-9-7-18)17-15(19)13-10-12(21-2)4-5-14(13)22-3/h4-5,10-11H,6-9H2,1-3H3,(H,17,19)/t11-/m0/s1. The number of morpholine rings is 1. The highest BCUT2D eigenvalue weighted by Gasteiger charge is 2.25. The Morgan fingerprint density at radius 1 is 1.22 bits per heavy atom. The van der Waals surface area contributed by atoms with E-state index < -0.39 is 6.04 Å². The molecule has 1 heterocycles. The van der Waals surface area contributed by atoms with Gasteiger partial charge in [-0.1, -0.05) is 0 Å². The maximum atomic E-state index is 12.4. The first-order valence-electron chi connectivity index (χ1n) is 7.46. The molecule has 0 aliphatic carbocycles. The number of amides is 2. The summed E-state index contributed by atoms with van der Waals surface area (Å²) < 4.78 is 15.5. The number of hydrogen-bond donors (Lipinski definition) is 1. The number of nitrogens with one attached hydrogen (secondary N) is 1. The average molecular weight is 322 g/mol. The van der Waals surface area contributed by atoms with Crippen LogP contribution in [0.1, 0.15) is 17.3 Å². The van der Waals surface area contributed by atoms with Crippen LogP contribution in [-0.4, -0.2) is 63.3 Å². The van der Waals surface area contributed by atoms with Gasteiger partial charge in [-0.3, -0.25) is 9.59 Å². The fraction of sp³-hybridized carbons (Fsp3) is 0.500. The van der Waals surface area contributed by atoms with Crippen LogP contribution in [-0.2, 0) is 9.53 Å². The summed E-state index contributed by atoms with van der Waals surface area (Å²) in [6, 6.07) is 4.32. The molecule has 126 valence electrons. The van der Waals surface area contributed by atoms with E-state index in [1.807, 2.05) is 0 Å². The van der Waals surface area contributed by atoms with E-state index in [2.05, 4.69) is 5.32 Å². The molecule has 0 aromatic heterocycles. The molecule has 2 rings (SSSR count). The average Bonchev–Trinajstić information content (AvgIpc) is 2.61. The zero-order chi connectivity index (χ0) is 16.8. The van der Waals surface area contributed by atoms with E-state index in [1.54, 1.807) is 30.0 Å². The minimum Gasteiger partial charge on any atom is -0.497 e. The summed E-state index contributed by atoms with van der Waals surface area (Å²) in [5.41, 5.74) is 0.327. The van der Waals surface area contributed by atoms with Crippen LogP contribution in [0.2, 0.25) is 0 Å². The molecule has 1 saturated heterocycles. The summed E-state index contributed by atoms with van der Waals surface area (Å²) in [5.74, 6) is 0.468. The van der Waals surface area contributed by atoms with Crippen LogP contribution < -0.4 is 14.8 Å². The Morgan fingerprint density at radius 2 is 1.91 bits per heavy atom. The van der Waals surface area contributed by atoms with Gasteiger partial charge < -0.3 is 24.4 Å². The molecule has 0 bridgehead atoms. The van der Waals surface area contributed by atoms with Gasteiger partial charge in [0, 0.05) is 13.1 Å². The molecular weight excluding hydrogens is 300 g/mol. The third-order valence-electron chi connectivity index (χ3n) is 3.69. The van der Waals surface area contributed by atoms with Crippen molar-refractivity contribution in [3.05, 3.63) is 23.8 Å². The molecule has 1 aliphatic rings. The third-order valence-corrected chi connectivity index (χ3v) is 3.69. The lowest BCUT2D eigenvalue weighted by Crippen LogP contribution is -2.50. The second-order valence-corrected chi connectivity index (χ2v) is 5.20. The maximum absolute atomic E-state index is 12.4. The monoisotopic (exact) mass is 322 g/mol. The number of hydrogen-bond acceptors (Lipinski definition) is 5. The van der Waals surface area contributed by atoms with Gasteiger partial charge in [0.25, 0.3) is 5.91 Å². The van der Waals surface area contributed by atoms with Gasteiger partial charge in [0.2, 0.25) is 5.91 Å². The van der Waals surface area contributed by atoms with E-state index >= 15 is 0 Å². The molecule has 1 fully saturated rings. The lowest BCUT2D eigenvalue weighted by molar-refractivity contribution is -0.136. The van der Waals surface area contributed by atoms with Crippen molar-refractivity contribution in [2.24, 2.45) is 0 Å². The molecule has 0 unspecified atom stereocenters. The number of carbonyl (C=O) groups is 2. The van der Waals surface area contributed by atoms with Gasteiger partial charge in [0.05, 0.1) is 33.0 Å². The van der Waals surface area contributed by atoms with Crippen LogP contribution in [0.3, 0.4) is 0 Å². The number of ether oxygens (including phenoxy) is 3. The molecule has 0 saturated carbocycles. The number of nitrogens with zero attached hydrogens (tertiary/aromatic N) is 1. The third kappa shape index (κ3) is 4.13. The molecule has 23 heavy (non-hydrogen) atoms. The van der Waals surface area contributed by atoms with Crippen molar-refractivity contribution in [3.8, 4) is 11.5 Å². The van der Waals surface area contributed by atoms with Gasteiger partial charge in [-0.25, -0.2) is 0 Å². The van der Waals surface area contributed by atoms with E-state index in [-0.39, 0.29) is 11.8 Å². The lowest BCUT2D eigenvalue weighted by atomic mass is 10.1. The van der Waals surface area contributed by atoms with Crippen LogP contribution in [0.5, 0.6) is 11.5 Å². The summed E-state index contributed by atoms with van der Waals surface area (Å²) in [7, 11) is 3.01. The Bertz CT molecular complexity index is 570. The Balaban J connectivity index is 2.07. The molecule has 7 heteroatoms. The predicted octanol–water partition coefficient (Wildman–Crippen LogP) is 0.681. The number of rotatable bonds is 5. The van der Waals surface area contributed by atoms with Gasteiger partial charge in [-0.05, 0) is 25.1 Å². The Hall–Kier alpha value is -2.28. The SMILES string of the molecule is COc1ccc(OC)c(C(=O)N[C@@H](C)C(=O)N2CCOCC2)c1.